The van der Waals surface area contributed by atoms with E-state index in [1.54, 1.807) is 0 Å². The molecule has 0 heterocycles. The van der Waals surface area contributed by atoms with Crippen LogP contribution in [0.2, 0.25) is 0 Å². The van der Waals surface area contributed by atoms with E-state index in [0.29, 0.717) is 0 Å². The molecule has 0 aromatic carbocycles. The maximum atomic E-state index is 5.61. The van der Waals surface area contributed by atoms with Gasteiger partial charge in [-0.05, 0) is 51.3 Å². The van der Waals surface area contributed by atoms with Gasteiger partial charge >= 0.3 is 0 Å². The molecule has 0 aliphatic carbocycles. The normalized spacial score (nSPS) is 12.3. The third kappa shape index (κ3) is 18.7. The van der Waals surface area contributed by atoms with Crippen LogP contribution in [0.5, 0.6) is 0 Å². The summed E-state index contributed by atoms with van der Waals surface area (Å²) in [5.41, 5.74) is 0. The Bertz CT molecular complexity index is 144. The molecule has 0 bridgehead atoms. The van der Waals surface area contributed by atoms with Crippen molar-refractivity contribution in [3.05, 3.63) is 0 Å². The Balaban J connectivity index is 2.88. The molecular formula is C14H32O3P2. The van der Waals surface area contributed by atoms with Crippen LogP contribution >= 0.6 is 17.2 Å². The molecule has 0 aliphatic heterocycles. The van der Waals surface area contributed by atoms with Gasteiger partial charge in [0.25, 0.3) is 0 Å². The van der Waals surface area contributed by atoms with E-state index in [-0.39, 0.29) is 0 Å². The molecule has 0 amide bonds. The van der Waals surface area contributed by atoms with Crippen LogP contribution in [0.3, 0.4) is 0 Å². The third-order valence-electron chi connectivity index (χ3n) is 2.56. The zero-order chi connectivity index (χ0) is 14.0. The van der Waals surface area contributed by atoms with E-state index in [0.717, 1.165) is 69.6 Å². The van der Waals surface area contributed by atoms with Gasteiger partial charge < -0.3 is 14.2 Å². The van der Waals surface area contributed by atoms with Crippen LogP contribution in [0.1, 0.15) is 26.7 Å². The Morgan fingerprint density at radius 2 is 1.05 bits per heavy atom. The van der Waals surface area contributed by atoms with E-state index in [1.807, 2.05) is 6.92 Å². The minimum absolute atomic E-state index is 0.827. The lowest BCUT2D eigenvalue weighted by Gasteiger charge is -2.05. The minimum atomic E-state index is 0.827. The maximum Gasteiger partial charge on any atom is 0.0502 e. The van der Waals surface area contributed by atoms with Crippen LogP contribution in [-0.4, -0.2) is 64.3 Å². The molecule has 0 aliphatic rings. The fraction of sp³-hybridized carbons (Fsp3) is 1.00. The molecule has 19 heavy (non-hydrogen) atoms. The van der Waals surface area contributed by atoms with Gasteiger partial charge in [0.2, 0.25) is 0 Å². The highest BCUT2D eigenvalue weighted by Gasteiger charge is 1.93. The van der Waals surface area contributed by atoms with Crippen molar-refractivity contribution in [1.82, 2.24) is 0 Å². The van der Waals surface area contributed by atoms with Crippen molar-refractivity contribution in [1.29, 1.82) is 0 Å². The molecule has 0 spiro atoms. The predicted molar refractivity (Wildman–Crippen MR) is 89.1 cm³/mol. The summed E-state index contributed by atoms with van der Waals surface area (Å²) in [6.45, 7) is 9.44. The number of rotatable bonds is 16. The van der Waals surface area contributed by atoms with Gasteiger partial charge in [-0.25, -0.2) is 0 Å². The van der Waals surface area contributed by atoms with E-state index < -0.39 is 0 Å². The first-order chi connectivity index (χ1) is 9.41. The molecule has 0 aromatic rings. The molecule has 0 aromatic heterocycles. The first-order valence-electron chi connectivity index (χ1n) is 7.56. The highest BCUT2D eigenvalue weighted by Crippen LogP contribution is 2.16. The quantitative estimate of drug-likeness (QED) is 0.324. The SMILES string of the molecule is CCOCCCCOCCPCCPCCOCC. The number of ether oxygens (including phenoxy) is 3. The molecule has 0 saturated carbocycles. The molecular weight excluding hydrogens is 278 g/mol. The van der Waals surface area contributed by atoms with Crippen molar-refractivity contribution < 1.29 is 14.2 Å². The molecule has 3 nitrogen and oxygen atoms in total. The summed E-state index contributed by atoms with van der Waals surface area (Å²) in [6.07, 6.45) is 7.48. The van der Waals surface area contributed by atoms with Gasteiger partial charge in [0.15, 0.2) is 0 Å². The number of hydrogen-bond donors (Lipinski definition) is 0. The topological polar surface area (TPSA) is 27.7 Å². The lowest BCUT2D eigenvalue weighted by atomic mass is 10.3. The Kier molecular flexibility index (Phi) is 19.5. The van der Waals surface area contributed by atoms with E-state index in [9.17, 15) is 0 Å². The second-order valence-electron chi connectivity index (χ2n) is 4.21. The van der Waals surface area contributed by atoms with Gasteiger partial charge in [0.05, 0.1) is 13.2 Å². The summed E-state index contributed by atoms with van der Waals surface area (Å²) in [5.74, 6) is 0. The fourth-order valence-corrected chi connectivity index (χ4v) is 4.01. The summed E-state index contributed by atoms with van der Waals surface area (Å²) in [5, 5.41) is 0. The fourth-order valence-electron chi connectivity index (χ4n) is 1.51. The first-order valence-corrected chi connectivity index (χ1v) is 10.4. The molecule has 0 saturated heterocycles. The largest absolute Gasteiger partial charge is 0.382 e. The molecule has 2 atom stereocenters. The van der Waals surface area contributed by atoms with Crippen LogP contribution in [0.25, 0.3) is 0 Å². The molecule has 116 valence electrons. The van der Waals surface area contributed by atoms with Crippen LogP contribution < -0.4 is 0 Å². The standard InChI is InChI=1S/C14H32O3P2/c1-3-15-7-5-6-8-17-10-12-19-14-13-18-11-9-16-4-2/h18-19H,3-14H2,1-2H3. The Morgan fingerprint density at radius 1 is 0.579 bits per heavy atom. The van der Waals surface area contributed by atoms with Crippen molar-refractivity contribution >= 4 is 17.2 Å². The zero-order valence-corrected chi connectivity index (χ0v) is 14.7. The van der Waals surface area contributed by atoms with Crippen LogP contribution in [0, 0.1) is 0 Å². The Hall–Kier alpha value is 0.740. The number of unbranched alkanes of at least 4 members (excludes halogenated alkanes) is 1. The van der Waals surface area contributed by atoms with E-state index in [4.69, 9.17) is 14.2 Å². The van der Waals surface area contributed by atoms with E-state index in [1.165, 1.54) is 24.6 Å². The smallest absolute Gasteiger partial charge is 0.0502 e. The Morgan fingerprint density at radius 3 is 1.63 bits per heavy atom. The monoisotopic (exact) mass is 310 g/mol. The van der Waals surface area contributed by atoms with Crippen LogP contribution in [0.15, 0.2) is 0 Å². The summed E-state index contributed by atoms with van der Waals surface area (Å²) in [4.78, 5) is 0. The maximum absolute atomic E-state index is 5.61. The lowest BCUT2D eigenvalue weighted by molar-refractivity contribution is 0.115. The second-order valence-corrected chi connectivity index (χ2v) is 7.21. The zero-order valence-electron chi connectivity index (χ0n) is 12.7. The highest BCUT2D eigenvalue weighted by atomic mass is 31.1. The molecule has 0 radical (unpaired) electrons. The number of hydrogen-bond acceptors (Lipinski definition) is 3. The second kappa shape index (κ2) is 18.7. The van der Waals surface area contributed by atoms with E-state index >= 15 is 0 Å². The molecule has 0 fully saturated rings. The average Bonchev–Trinajstić information content (AvgIpc) is 2.43. The molecule has 0 N–H and O–H groups in total. The predicted octanol–water partition coefficient (Wildman–Crippen LogP) is 3.21. The van der Waals surface area contributed by atoms with Crippen LogP contribution in [-0.2, 0) is 14.2 Å². The minimum Gasteiger partial charge on any atom is -0.382 e. The van der Waals surface area contributed by atoms with E-state index in [2.05, 4.69) is 6.92 Å². The molecule has 2 unspecified atom stereocenters. The van der Waals surface area contributed by atoms with Crippen LogP contribution in [0.4, 0.5) is 0 Å². The van der Waals surface area contributed by atoms with Crippen molar-refractivity contribution in [2.75, 3.05) is 64.3 Å². The highest BCUT2D eigenvalue weighted by molar-refractivity contribution is 7.42. The van der Waals surface area contributed by atoms with Gasteiger partial charge in [-0.2, -0.15) is 0 Å². The summed E-state index contributed by atoms with van der Waals surface area (Å²) in [6, 6.07) is 0. The molecule has 5 heteroatoms. The lowest BCUT2D eigenvalue weighted by Crippen LogP contribution is -2.01. The average molecular weight is 310 g/mol. The van der Waals surface area contributed by atoms with Gasteiger partial charge in [-0.3, -0.25) is 0 Å². The third-order valence-corrected chi connectivity index (χ3v) is 5.38. The van der Waals surface area contributed by atoms with Crippen molar-refractivity contribution in [3.8, 4) is 0 Å². The first kappa shape index (κ1) is 19.7. The van der Waals surface area contributed by atoms with Crippen molar-refractivity contribution in [2.45, 2.75) is 26.7 Å². The van der Waals surface area contributed by atoms with Crippen molar-refractivity contribution in [3.63, 3.8) is 0 Å². The summed E-state index contributed by atoms with van der Waals surface area (Å²) >= 11 is 0. The molecule has 0 rings (SSSR count). The summed E-state index contributed by atoms with van der Waals surface area (Å²) < 4.78 is 16.2. The van der Waals surface area contributed by atoms with Gasteiger partial charge in [0.1, 0.15) is 0 Å². The Labute approximate surface area is 123 Å². The van der Waals surface area contributed by atoms with Gasteiger partial charge in [0, 0.05) is 26.4 Å². The summed E-state index contributed by atoms with van der Waals surface area (Å²) in [7, 11) is 2.15. The van der Waals surface area contributed by atoms with Gasteiger partial charge in [-0.15, -0.1) is 17.2 Å². The van der Waals surface area contributed by atoms with Crippen molar-refractivity contribution in [2.24, 2.45) is 0 Å². The van der Waals surface area contributed by atoms with Gasteiger partial charge in [-0.1, -0.05) is 0 Å².